The molecule has 1 N–H and O–H groups in total. The van der Waals surface area contributed by atoms with E-state index in [0.717, 1.165) is 17.9 Å². The minimum absolute atomic E-state index is 0.521. The van der Waals surface area contributed by atoms with Crippen molar-refractivity contribution in [2.45, 2.75) is 56.9 Å². The van der Waals surface area contributed by atoms with Crippen LogP contribution in [0.3, 0.4) is 0 Å². The SMILES string of the molecule is CC1C[C@@]23CC[C@@H]1C[C@@]21CCN[C@@H]3Cc2ccccc21. The lowest BCUT2D eigenvalue weighted by Gasteiger charge is -2.70. The Morgan fingerprint density at radius 2 is 2.05 bits per heavy atom. The zero-order valence-corrected chi connectivity index (χ0v) is 12.5. The van der Waals surface area contributed by atoms with Gasteiger partial charge in [-0.3, -0.25) is 0 Å². The Morgan fingerprint density at radius 1 is 1.15 bits per heavy atom. The first-order chi connectivity index (χ1) is 9.75. The molecule has 1 heteroatoms. The summed E-state index contributed by atoms with van der Waals surface area (Å²) in [7, 11) is 0. The van der Waals surface area contributed by atoms with Crippen molar-refractivity contribution >= 4 is 0 Å². The van der Waals surface area contributed by atoms with Gasteiger partial charge in [0.1, 0.15) is 0 Å². The molecule has 1 nitrogen and oxygen atoms in total. The van der Waals surface area contributed by atoms with E-state index in [9.17, 15) is 0 Å². The molecule has 1 spiro atoms. The van der Waals surface area contributed by atoms with Gasteiger partial charge in [-0.05, 0) is 73.4 Å². The molecule has 5 atom stereocenters. The maximum Gasteiger partial charge on any atom is 0.0173 e. The highest BCUT2D eigenvalue weighted by molar-refractivity contribution is 5.44. The van der Waals surface area contributed by atoms with Gasteiger partial charge in [0.05, 0.1) is 0 Å². The van der Waals surface area contributed by atoms with Gasteiger partial charge in [-0.2, -0.15) is 0 Å². The van der Waals surface area contributed by atoms with Crippen LogP contribution in [0.2, 0.25) is 0 Å². The van der Waals surface area contributed by atoms with E-state index in [0.29, 0.717) is 10.8 Å². The number of fused-ring (bicyclic) bond motifs is 3. The average molecular weight is 267 g/mol. The molecule has 1 aromatic carbocycles. The first-order valence-corrected chi connectivity index (χ1v) is 8.57. The summed E-state index contributed by atoms with van der Waals surface area (Å²) in [4.78, 5) is 0. The Kier molecular flexibility index (Phi) is 2.17. The lowest BCUT2D eigenvalue weighted by atomic mass is 9.37. The van der Waals surface area contributed by atoms with Gasteiger partial charge in [0.15, 0.2) is 0 Å². The first kappa shape index (κ1) is 11.8. The molecule has 4 fully saturated rings. The summed E-state index contributed by atoms with van der Waals surface area (Å²) in [5, 5.41) is 3.92. The van der Waals surface area contributed by atoms with E-state index in [1.165, 1.54) is 45.1 Å². The molecule has 1 unspecified atom stereocenters. The molecule has 0 aromatic heterocycles. The molecule has 1 saturated heterocycles. The van der Waals surface area contributed by atoms with Crippen molar-refractivity contribution in [2.75, 3.05) is 6.54 Å². The predicted molar refractivity (Wildman–Crippen MR) is 81.8 cm³/mol. The second-order valence-corrected chi connectivity index (χ2v) is 8.04. The number of nitrogens with one attached hydrogen (secondary N) is 1. The van der Waals surface area contributed by atoms with Crippen molar-refractivity contribution in [1.29, 1.82) is 0 Å². The number of benzene rings is 1. The number of rotatable bonds is 0. The third-order valence-electron chi connectivity index (χ3n) is 7.58. The van der Waals surface area contributed by atoms with Crippen molar-refractivity contribution in [3.05, 3.63) is 35.4 Å². The van der Waals surface area contributed by atoms with Crippen molar-refractivity contribution in [3.8, 4) is 0 Å². The molecule has 1 aromatic rings. The molecule has 0 radical (unpaired) electrons. The van der Waals surface area contributed by atoms with E-state index in [1.54, 1.807) is 11.1 Å². The second-order valence-electron chi connectivity index (χ2n) is 8.04. The predicted octanol–water partition coefficient (Wildman–Crippen LogP) is 3.67. The van der Waals surface area contributed by atoms with Crippen LogP contribution >= 0.6 is 0 Å². The standard InChI is InChI=1S/C19H25N/c1-13-11-19-7-6-15(13)12-18(19)8-9-20-17(19)10-14-4-2-3-5-16(14)18/h2-5,13,15,17,20H,6-12H2,1H3/t13?,15-,17-,18-,19-/m1/s1. The summed E-state index contributed by atoms with van der Waals surface area (Å²) in [6.07, 6.45) is 8.57. The van der Waals surface area contributed by atoms with Crippen LogP contribution in [0.5, 0.6) is 0 Å². The van der Waals surface area contributed by atoms with E-state index >= 15 is 0 Å². The van der Waals surface area contributed by atoms with Gasteiger partial charge in [0.2, 0.25) is 0 Å². The summed E-state index contributed by atoms with van der Waals surface area (Å²) in [6, 6.07) is 10.1. The number of hydrogen-bond acceptors (Lipinski definition) is 1. The van der Waals surface area contributed by atoms with Crippen LogP contribution in [0, 0.1) is 17.3 Å². The van der Waals surface area contributed by atoms with Crippen molar-refractivity contribution in [1.82, 2.24) is 5.32 Å². The molecule has 20 heavy (non-hydrogen) atoms. The van der Waals surface area contributed by atoms with Crippen LogP contribution in [0.4, 0.5) is 0 Å². The summed E-state index contributed by atoms with van der Waals surface area (Å²) in [5.74, 6) is 1.94. The molecule has 4 bridgehead atoms. The van der Waals surface area contributed by atoms with Crippen LogP contribution in [0.15, 0.2) is 24.3 Å². The van der Waals surface area contributed by atoms with Crippen LogP contribution in [-0.4, -0.2) is 12.6 Å². The molecule has 1 heterocycles. The molecule has 1 aliphatic heterocycles. The van der Waals surface area contributed by atoms with Crippen LogP contribution in [0.1, 0.15) is 50.2 Å². The van der Waals surface area contributed by atoms with E-state index in [-0.39, 0.29) is 0 Å². The monoisotopic (exact) mass is 267 g/mol. The minimum Gasteiger partial charge on any atom is -0.313 e. The van der Waals surface area contributed by atoms with E-state index < -0.39 is 0 Å². The minimum atomic E-state index is 0.521. The molecule has 3 saturated carbocycles. The van der Waals surface area contributed by atoms with Gasteiger partial charge in [-0.1, -0.05) is 31.2 Å². The van der Waals surface area contributed by atoms with Crippen LogP contribution < -0.4 is 5.32 Å². The normalized spacial score (nSPS) is 48.5. The van der Waals surface area contributed by atoms with Gasteiger partial charge in [0, 0.05) is 11.5 Å². The summed E-state index contributed by atoms with van der Waals surface area (Å²) in [5.41, 5.74) is 4.49. The van der Waals surface area contributed by atoms with Crippen molar-refractivity contribution < 1.29 is 0 Å². The van der Waals surface area contributed by atoms with Gasteiger partial charge in [-0.15, -0.1) is 0 Å². The van der Waals surface area contributed by atoms with Gasteiger partial charge < -0.3 is 5.32 Å². The maximum absolute atomic E-state index is 3.92. The van der Waals surface area contributed by atoms with Gasteiger partial charge in [-0.25, -0.2) is 0 Å². The molecule has 5 aliphatic rings. The molecule has 106 valence electrons. The highest BCUT2D eigenvalue weighted by Crippen LogP contribution is 2.69. The average Bonchev–Trinajstić information content (AvgIpc) is 2.46. The van der Waals surface area contributed by atoms with E-state index in [4.69, 9.17) is 0 Å². The zero-order valence-electron chi connectivity index (χ0n) is 12.5. The fraction of sp³-hybridized carbons (Fsp3) is 0.684. The second kappa shape index (κ2) is 3.68. The van der Waals surface area contributed by atoms with E-state index in [2.05, 4.69) is 36.5 Å². The first-order valence-electron chi connectivity index (χ1n) is 8.57. The smallest absolute Gasteiger partial charge is 0.0173 e. The molecular weight excluding hydrogens is 242 g/mol. The largest absolute Gasteiger partial charge is 0.313 e. The fourth-order valence-corrected chi connectivity index (χ4v) is 6.78. The lowest BCUT2D eigenvalue weighted by molar-refractivity contribution is -0.118. The third kappa shape index (κ3) is 1.16. The Bertz CT molecular complexity index is 565. The molecule has 4 aliphatic carbocycles. The summed E-state index contributed by atoms with van der Waals surface area (Å²) < 4.78 is 0. The number of piperidine rings is 1. The lowest BCUT2D eigenvalue weighted by Crippen LogP contribution is -2.70. The zero-order chi connectivity index (χ0) is 13.4. The molecule has 0 amide bonds. The highest BCUT2D eigenvalue weighted by Gasteiger charge is 2.66. The Morgan fingerprint density at radius 3 is 2.95 bits per heavy atom. The quantitative estimate of drug-likeness (QED) is 0.756. The summed E-state index contributed by atoms with van der Waals surface area (Å²) >= 11 is 0. The Labute approximate surface area is 122 Å². The van der Waals surface area contributed by atoms with E-state index in [1.807, 2.05) is 0 Å². The topological polar surface area (TPSA) is 12.0 Å². The van der Waals surface area contributed by atoms with Crippen molar-refractivity contribution in [3.63, 3.8) is 0 Å². The number of hydrogen-bond donors (Lipinski definition) is 1. The third-order valence-corrected chi connectivity index (χ3v) is 7.58. The summed E-state index contributed by atoms with van der Waals surface area (Å²) in [6.45, 7) is 3.76. The Balaban J connectivity index is 1.77. The molecule has 6 rings (SSSR count). The van der Waals surface area contributed by atoms with Gasteiger partial charge in [0.25, 0.3) is 0 Å². The molecular formula is C19H25N. The Hall–Kier alpha value is -0.820. The van der Waals surface area contributed by atoms with Crippen LogP contribution in [-0.2, 0) is 11.8 Å². The van der Waals surface area contributed by atoms with Crippen molar-refractivity contribution in [2.24, 2.45) is 17.3 Å². The maximum atomic E-state index is 3.92. The van der Waals surface area contributed by atoms with Crippen LogP contribution in [0.25, 0.3) is 0 Å². The highest BCUT2D eigenvalue weighted by atomic mass is 15.0. The van der Waals surface area contributed by atoms with Gasteiger partial charge >= 0.3 is 0 Å². The fourth-order valence-electron chi connectivity index (χ4n) is 6.78.